The molecule has 0 saturated carbocycles. The smallest absolute Gasteiger partial charge is 0.292 e. The van der Waals surface area contributed by atoms with Crippen molar-refractivity contribution in [3.05, 3.63) is 28.6 Å². The van der Waals surface area contributed by atoms with Gasteiger partial charge in [-0.3, -0.25) is 5.32 Å². The second-order valence-corrected chi connectivity index (χ2v) is 7.66. The molecule has 3 fully saturated rings. The van der Waals surface area contributed by atoms with Crippen molar-refractivity contribution in [1.82, 2.24) is 14.6 Å². The molecule has 1 atom stereocenters. The molecule has 6 heterocycles. The third-order valence-corrected chi connectivity index (χ3v) is 6.08. The molecule has 3 saturated heterocycles. The lowest BCUT2D eigenvalue weighted by molar-refractivity contribution is -0.905. The highest BCUT2D eigenvalue weighted by Gasteiger charge is 2.56. The van der Waals surface area contributed by atoms with Crippen LogP contribution >= 0.6 is 0 Å². The predicted octanol–water partition coefficient (Wildman–Crippen LogP) is 1.62. The van der Waals surface area contributed by atoms with E-state index < -0.39 is 5.60 Å². The molecule has 4 aliphatic heterocycles. The molecule has 25 heavy (non-hydrogen) atoms. The molecular weight excluding hydrogens is 320 g/mol. The van der Waals surface area contributed by atoms with Crippen LogP contribution in [-0.4, -0.2) is 57.0 Å². The predicted molar refractivity (Wildman–Crippen MR) is 93.2 cm³/mol. The van der Waals surface area contributed by atoms with Crippen LogP contribution in [0.4, 0.5) is 5.95 Å². The van der Waals surface area contributed by atoms with Crippen molar-refractivity contribution in [1.29, 1.82) is 0 Å². The van der Waals surface area contributed by atoms with Gasteiger partial charge in [0.25, 0.3) is 12.0 Å². The molecule has 132 valence electrons. The zero-order chi connectivity index (χ0) is 17.2. The van der Waals surface area contributed by atoms with E-state index in [-0.39, 0.29) is 4.65 Å². The maximum absolute atomic E-state index is 12.7. The van der Waals surface area contributed by atoms with Crippen LogP contribution in [0.3, 0.4) is 0 Å². The van der Waals surface area contributed by atoms with E-state index in [1.807, 2.05) is 30.5 Å². The highest BCUT2D eigenvalue weighted by molar-refractivity contribution is 5.89. The number of piperidine rings is 3. The van der Waals surface area contributed by atoms with E-state index >= 15 is 0 Å². The summed E-state index contributed by atoms with van der Waals surface area (Å²) in [6, 6.07) is 4.41. The first-order valence-electron chi connectivity index (χ1n) is 8.87. The van der Waals surface area contributed by atoms with Crippen LogP contribution in [0.15, 0.2) is 17.1 Å². The van der Waals surface area contributed by atoms with Gasteiger partial charge >= 0.3 is 0 Å². The fourth-order valence-corrected chi connectivity index (χ4v) is 4.48. The standard InChI is InChI=1S/C17H22N6O2/c1-11-3-4-14-19-15(21-22(14)12(11)2)20-16-18-9-17(25-16)10-23(24)7-5-13(17)6-8-23/h3-4,13H,5-10H2,1-2H3,(H,18,20,21)/t13?,17-,23?/m0/s1. The van der Waals surface area contributed by atoms with Gasteiger partial charge in [0.1, 0.15) is 6.54 Å². The zero-order valence-corrected chi connectivity index (χ0v) is 14.5. The fraction of sp³-hybridized carbons (Fsp3) is 0.588. The molecular formula is C17H22N6O2. The van der Waals surface area contributed by atoms with Gasteiger partial charge < -0.3 is 14.6 Å². The normalized spacial score (nSPS) is 33.7. The lowest BCUT2D eigenvalue weighted by Gasteiger charge is -2.58. The van der Waals surface area contributed by atoms with Gasteiger partial charge in [0.2, 0.25) is 0 Å². The molecule has 2 bridgehead atoms. The molecule has 0 radical (unpaired) electrons. The van der Waals surface area contributed by atoms with Crippen LogP contribution in [-0.2, 0) is 4.74 Å². The van der Waals surface area contributed by atoms with Crippen LogP contribution < -0.4 is 5.32 Å². The number of quaternary nitrogens is 1. The number of hydrogen-bond acceptors (Lipinski definition) is 6. The maximum atomic E-state index is 12.7. The highest BCUT2D eigenvalue weighted by Crippen LogP contribution is 2.44. The van der Waals surface area contributed by atoms with Gasteiger partial charge in [-0.25, -0.2) is 9.51 Å². The van der Waals surface area contributed by atoms with E-state index in [9.17, 15) is 5.21 Å². The number of hydrogen-bond donors (Lipinski definition) is 1. The first-order chi connectivity index (χ1) is 12.0. The van der Waals surface area contributed by atoms with Gasteiger partial charge in [-0.1, -0.05) is 6.07 Å². The topological polar surface area (TPSA) is 86.9 Å². The lowest BCUT2D eigenvalue weighted by Crippen LogP contribution is -2.67. The Balaban J connectivity index is 1.37. The number of nitrogens with one attached hydrogen (secondary N) is 1. The largest absolute Gasteiger partial charge is 0.633 e. The Morgan fingerprint density at radius 1 is 1.32 bits per heavy atom. The van der Waals surface area contributed by atoms with Gasteiger partial charge in [-0.15, -0.1) is 5.10 Å². The molecule has 8 heteroatoms. The number of pyridine rings is 1. The van der Waals surface area contributed by atoms with Crippen LogP contribution in [0.1, 0.15) is 24.1 Å². The van der Waals surface area contributed by atoms with E-state index in [1.165, 1.54) is 0 Å². The van der Waals surface area contributed by atoms with Crippen molar-refractivity contribution < 1.29 is 9.38 Å². The summed E-state index contributed by atoms with van der Waals surface area (Å²) < 4.78 is 7.86. The summed E-state index contributed by atoms with van der Waals surface area (Å²) in [5, 5.41) is 20.3. The van der Waals surface area contributed by atoms with Gasteiger partial charge in [-0.05, 0) is 25.5 Å². The van der Waals surface area contributed by atoms with Crippen molar-refractivity contribution >= 4 is 17.6 Å². The molecule has 0 aromatic carbocycles. The molecule has 8 nitrogen and oxygen atoms in total. The van der Waals surface area contributed by atoms with E-state index in [1.54, 1.807) is 0 Å². The molecule has 6 rings (SSSR count). The van der Waals surface area contributed by atoms with Gasteiger partial charge in [0.05, 0.1) is 19.6 Å². The van der Waals surface area contributed by atoms with Crippen molar-refractivity contribution in [2.24, 2.45) is 10.9 Å². The molecule has 2 aromatic heterocycles. The Morgan fingerprint density at radius 2 is 2.12 bits per heavy atom. The van der Waals surface area contributed by atoms with Crippen molar-refractivity contribution in [2.75, 3.05) is 31.5 Å². The summed E-state index contributed by atoms with van der Waals surface area (Å²) in [6.45, 7) is 6.55. The van der Waals surface area contributed by atoms with Crippen LogP contribution in [0.25, 0.3) is 5.65 Å². The first-order valence-corrected chi connectivity index (χ1v) is 8.87. The Hall–Kier alpha value is -2.19. The van der Waals surface area contributed by atoms with E-state index in [0.717, 1.165) is 29.7 Å². The average Bonchev–Trinajstić information content (AvgIpc) is 3.16. The SMILES string of the molecule is Cc1ccc2nc(NC3=NC[C@@]4(C[N+]5([O-])CCC4CC5)O3)nn2c1C. The zero-order valence-electron chi connectivity index (χ0n) is 14.5. The summed E-state index contributed by atoms with van der Waals surface area (Å²) in [6.07, 6.45) is 1.86. The van der Waals surface area contributed by atoms with Gasteiger partial charge in [-0.2, -0.15) is 4.98 Å². The third kappa shape index (κ3) is 2.24. The Labute approximate surface area is 145 Å². The number of fused-ring (bicyclic) bond motifs is 3. The number of hydroxylamine groups is 3. The molecule has 0 unspecified atom stereocenters. The summed E-state index contributed by atoms with van der Waals surface area (Å²) in [7, 11) is 0. The summed E-state index contributed by atoms with van der Waals surface area (Å²) in [5.41, 5.74) is 2.56. The second-order valence-electron chi connectivity index (χ2n) is 7.66. The number of aryl methyl sites for hydroxylation is 2. The van der Waals surface area contributed by atoms with Crippen molar-refractivity contribution in [2.45, 2.75) is 32.3 Å². The molecule has 2 aromatic rings. The second kappa shape index (κ2) is 4.92. The number of amidine groups is 1. The number of rotatable bonds is 1. The summed E-state index contributed by atoms with van der Waals surface area (Å²) in [5.74, 6) is 0.889. The van der Waals surface area contributed by atoms with E-state index in [0.29, 0.717) is 44.1 Å². The number of nitrogens with zero attached hydrogens (tertiary/aromatic N) is 5. The number of anilines is 1. The lowest BCUT2D eigenvalue weighted by atomic mass is 9.75. The Bertz CT molecular complexity index is 883. The minimum atomic E-state index is -0.438. The van der Waals surface area contributed by atoms with Crippen molar-refractivity contribution in [3.8, 4) is 0 Å². The van der Waals surface area contributed by atoms with Crippen LogP contribution in [0.5, 0.6) is 0 Å². The highest BCUT2D eigenvalue weighted by atomic mass is 16.6. The number of ether oxygens (including phenoxy) is 1. The van der Waals surface area contributed by atoms with E-state index in [4.69, 9.17) is 4.74 Å². The van der Waals surface area contributed by atoms with Gasteiger partial charge in [0, 0.05) is 24.5 Å². The Kier molecular flexibility index (Phi) is 2.97. The monoisotopic (exact) mass is 342 g/mol. The number of aromatic nitrogens is 3. The average molecular weight is 342 g/mol. The minimum absolute atomic E-state index is 0.135. The molecule has 0 aliphatic carbocycles. The quantitative estimate of drug-likeness (QED) is 0.629. The fourth-order valence-electron chi connectivity index (χ4n) is 4.48. The Morgan fingerprint density at radius 3 is 2.88 bits per heavy atom. The van der Waals surface area contributed by atoms with Crippen LogP contribution in [0, 0.1) is 25.0 Å². The van der Waals surface area contributed by atoms with Crippen molar-refractivity contribution in [3.63, 3.8) is 0 Å². The molecule has 1 N–H and O–H groups in total. The molecule has 1 spiro atoms. The molecule has 0 amide bonds. The molecule has 4 aliphatic rings. The summed E-state index contributed by atoms with van der Waals surface area (Å²) in [4.78, 5) is 9.00. The first kappa shape index (κ1) is 15.1. The van der Waals surface area contributed by atoms with Gasteiger partial charge in [0.15, 0.2) is 11.2 Å². The maximum Gasteiger partial charge on any atom is 0.292 e. The van der Waals surface area contributed by atoms with Crippen LogP contribution in [0.2, 0.25) is 0 Å². The summed E-state index contributed by atoms with van der Waals surface area (Å²) >= 11 is 0. The minimum Gasteiger partial charge on any atom is -0.633 e. The third-order valence-electron chi connectivity index (χ3n) is 6.08. The van der Waals surface area contributed by atoms with E-state index in [2.05, 4.69) is 20.4 Å². The number of aliphatic imine (C=N–C) groups is 1.